The number of primary amides is 1. The van der Waals surface area contributed by atoms with Crippen LogP contribution in [0.5, 0.6) is 0 Å². The second-order valence-electron chi connectivity index (χ2n) is 17.7. The molecule has 2 amide bonds. The molecule has 0 aliphatic carbocycles. The summed E-state index contributed by atoms with van der Waals surface area (Å²) in [5.41, 5.74) is 5.09. The Hall–Kier alpha value is -4.70. The Bertz CT molecular complexity index is 2040. The van der Waals surface area contributed by atoms with Crippen LogP contribution >= 0.6 is 0 Å². The number of aromatic nitrogens is 6. The quantitative estimate of drug-likeness (QED) is 0.127. The summed E-state index contributed by atoms with van der Waals surface area (Å²) in [6.45, 7) is 12.9. The van der Waals surface area contributed by atoms with Crippen molar-refractivity contribution in [3.8, 4) is 33.9 Å². The number of H-pyrrole nitrogens is 2. The minimum atomic E-state index is -3.13. The number of rotatable bonds is 9. The molecule has 2 unspecified atom stereocenters. The van der Waals surface area contributed by atoms with Gasteiger partial charge in [0.05, 0.1) is 29.8 Å². The van der Waals surface area contributed by atoms with E-state index >= 15 is 0 Å². The molecule has 0 radical (unpaired) electrons. The molecule has 5 N–H and O–H groups in total. The van der Waals surface area contributed by atoms with E-state index in [0.717, 1.165) is 11.1 Å². The number of ether oxygens (including phenoxy) is 2. The standard InChI is InChI=1S/C40H50F4N8O4/c1-35(2,3)28(25-15-40(43,44)21-56-38(25,8)33(45)53)31-48-19-27(50-31)24-16-46-30(47-17-24)23-11-9-22(10-12-23)26-18-49-32(51-26)29(36(4,5)6)52-34(54)37(7)13-14-39(41,42)20-55-37/h9-12,16-19,25,28-29H,13-15,20-21H2,1-8H3,(H2,45,53)(H,48,50)(H,49,51)(H,52,54)/t25?,28-,29-,37-,38?/m1/s1. The summed E-state index contributed by atoms with van der Waals surface area (Å²) < 4.78 is 67.7. The number of carbonyl (C=O) groups excluding carboxylic acids is 2. The van der Waals surface area contributed by atoms with Gasteiger partial charge in [-0.05, 0) is 36.7 Å². The first-order valence-electron chi connectivity index (χ1n) is 18.6. The van der Waals surface area contributed by atoms with Crippen LogP contribution in [0.4, 0.5) is 17.6 Å². The molecule has 2 saturated heterocycles. The summed E-state index contributed by atoms with van der Waals surface area (Å²) in [5.74, 6) is -7.57. The van der Waals surface area contributed by atoms with Crippen LogP contribution in [0.1, 0.15) is 98.3 Å². The summed E-state index contributed by atoms with van der Waals surface area (Å²) in [4.78, 5) is 50.7. The van der Waals surface area contributed by atoms with Gasteiger partial charge in [0.2, 0.25) is 5.91 Å². The number of halogens is 4. The lowest BCUT2D eigenvalue weighted by molar-refractivity contribution is -0.217. The number of hydrogen-bond acceptors (Lipinski definition) is 8. The third-order valence-electron chi connectivity index (χ3n) is 11.0. The van der Waals surface area contributed by atoms with Gasteiger partial charge in [-0.2, -0.15) is 0 Å². The Kier molecular flexibility index (Phi) is 10.5. The van der Waals surface area contributed by atoms with E-state index in [0.29, 0.717) is 34.4 Å². The summed E-state index contributed by atoms with van der Waals surface area (Å²) in [6.07, 6.45) is 5.42. The van der Waals surface area contributed by atoms with Gasteiger partial charge in [0, 0.05) is 48.2 Å². The molecule has 0 saturated carbocycles. The van der Waals surface area contributed by atoms with E-state index in [4.69, 9.17) is 15.2 Å². The fourth-order valence-corrected chi connectivity index (χ4v) is 7.51. The fourth-order valence-electron chi connectivity index (χ4n) is 7.51. The van der Waals surface area contributed by atoms with Crippen molar-refractivity contribution in [1.82, 2.24) is 35.2 Å². The van der Waals surface area contributed by atoms with Gasteiger partial charge in [-0.3, -0.25) is 9.59 Å². The van der Waals surface area contributed by atoms with Gasteiger partial charge in [-0.1, -0.05) is 65.8 Å². The maximum absolute atomic E-state index is 14.7. The van der Waals surface area contributed by atoms with Gasteiger partial charge in [-0.25, -0.2) is 37.5 Å². The Morgan fingerprint density at radius 1 is 0.768 bits per heavy atom. The van der Waals surface area contributed by atoms with Crippen LogP contribution in [0.15, 0.2) is 49.1 Å². The number of benzene rings is 1. The molecule has 3 aromatic heterocycles. The van der Waals surface area contributed by atoms with Crippen LogP contribution in [0.25, 0.3) is 33.9 Å². The molecule has 0 bridgehead atoms. The van der Waals surface area contributed by atoms with E-state index in [9.17, 15) is 27.2 Å². The van der Waals surface area contributed by atoms with Crippen molar-refractivity contribution in [2.45, 2.75) is 110 Å². The van der Waals surface area contributed by atoms with Gasteiger partial charge < -0.3 is 30.5 Å². The van der Waals surface area contributed by atoms with Crippen LogP contribution in [-0.4, -0.2) is 78.0 Å². The number of nitrogens with one attached hydrogen (secondary N) is 3. The first-order valence-corrected chi connectivity index (χ1v) is 18.6. The number of amides is 2. The van der Waals surface area contributed by atoms with Crippen LogP contribution in [0, 0.1) is 16.7 Å². The summed E-state index contributed by atoms with van der Waals surface area (Å²) in [6, 6.07) is 6.94. The maximum Gasteiger partial charge on any atom is 0.271 e. The van der Waals surface area contributed by atoms with Crippen LogP contribution in [0.3, 0.4) is 0 Å². The number of aromatic amines is 2. The van der Waals surface area contributed by atoms with Crippen molar-refractivity contribution in [1.29, 1.82) is 0 Å². The summed E-state index contributed by atoms with van der Waals surface area (Å²) in [7, 11) is 0. The van der Waals surface area contributed by atoms with E-state index in [2.05, 4.69) is 35.2 Å². The number of nitrogens with two attached hydrogens (primary N) is 1. The predicted molar refractivity (Wildman–Crippen MR) is 200 cm³/mol. The minimum Gasteiger partial charge on any atom is -0.367 e. The Balaban J connectivity index is 1.17. The average molecular weight is 783 g/mol. The highest BCUT2D eigenvalue weighted by Gasteiger charge is 2.57. The lowest BCUT2D eigenvalue weighted by Gasteiger charge is -2.48. The summed E-state index contributed by atoms with van der Waals surface area (Å²) >= 11 is 0. The lowest BCUT2D eigenvalue weighted by atomic mass is 9.64. The Morgan fingerprint density at radius 3 is 1.88 bits per heavy atom. The summed E-state index contributed by atoms with van der Waals surface area (Å²) in [5, 5.41) is 2.99. The molecular weight excluding hydrogens is 732 g/mol. The van der Waals surface area contributed by atoms with Crippen molar-refractivity contribution in [2.75, 3.05) is 13.2 Å². The molecular formula is C40H50F4N8O4. The molecule has 6 rings (SSSR count). The van der Waals surface area contributed by atoms with Crippen molar-refractivity contribution in [3.05, 3.63) is 60.7 Å². The number of nitrogens with zero attached hydrogens (tertiary/aromatic N) is 4. The van der Waals surface area contributed by atoms with E-state index in [-0.39, 0.29) is 6.42 Å². The van der Waals surface area contributed by atoms with Gasteiger partial charge in [0.25, 0.3) is 17.8 Å². The molecule has 5 heterocycles. The van der Waals surface area contributed by atoms with Gasteiger partial charge in [-0.15, -0.1) is 0 Å². The van der Waals surface area contributed by atoms with Crippen LogP contribution < -0.4 is 11.1 Å². The van der Waals surface area contributed by atoms with Crippen LogP contribution in [0.2, 0.25) is 0 Å². The number of hydrogen-bond donors (Lipinski definition) is 4. The second kappa shape index (κ2) is 14.4. The van der Waals surface area contributed by atoms with E-state index in [1.54, 1.807) is 24.8 Å². The third kappa shape index (κ3) is 8.36. The zero-order chi connectivity index (χ0) is 41.1. The monoisotopic (exact) mass is 782 g/mol. The first kappa shape index (κ1) is 40.9. The Labute approximate surface area is 323 Å². The smallest absolute Gasteiger partial charge is 0.271 e. The second-order valence-corrected chi connectivity index (χ2v) is 17.7. The molecule has 16 heteroatoms. The average Bonchev–Trinajstić information content (AvgIpc) is 3.80. The zero-order valence-corrected chi connectivity index (χ0v) is 32.9. The van der Waals surface area contributed by atoms with E-state index in [1.165, 1.54) is 13.8 Å². The van der Waals surface area contributed by atoms with Crippen LogP contribution in [-0.2, 0) is 19.1 Å². The maximum atomic E-state index is 14.7. The van der Waals surface area contributed by atoms with Gasteiger partial charge in [0.1, 0.15) is 36.1 Å². The molecule has 1 aromatic carbocycles. The molecule has 2 fully saturated rings. The van der Waals surface area contributed by atoms with E-state index in [1.807, 2.05) is 65.8 Å². The van der Waals surface area contributed by atoms with E-state index < -0.39 is 89.6 Å². The molecule has 2 aliphatic rings. The van der Waals surface area contributed by atoms with Crippen molar-refractivity contribution in [3.63, 3.8) is 0 Å². The van der Waals surface area contributed by atoms with Crippen molar-refractivity contribution >= 4 is 11.8 Å². The largest absolute Gasteiger partial charge is 0.367 e. The molecule has 302 valence electrons. The molecule has 5 atom stereocenters. The van der Waals surface area contributed by atoms with Crippen molar-refractivity contribution < 1.29 is 36.6 Å². The molecule has 12 nitrogen and oxygen atoms in total. The number of imidazole rings is 2. The topological polar surface area (TPSA) is 174 Å². The number of carbonyl (C=O) groups is 2. The molecule has 2 aliphatic heterocycles. The minimum absolute atomic E-state index is 0.103. The van der Waals surface area contributed by atoms with Gasteiger partial charge >= 0.3 is 0 Å². The lowest BCUT2D eigenvalue weighted by Crippen LogP contribution is -2.59. The first-order chi connectivity index (χ1) is 25.9. The highest BCUT2D eigenvalue weighted by molar-refractivity contribution is 5.85. The third-order valence-corrected chi connectivity index (χ3v) is 11.0. The van der Waals surface area contributed by atoms with Crippen molar-refractivity contribution in [2.24, 2.45) is 22.5 Å². The number of alkyl halides is 4. The molecule has 56 heavy (non-hydrogen) atoms. The Morgan fingerprint density at radius 2 is 1.32 bits per heavy atom. The van der Waals surface area contributed by atoms with Gasteiger partial charge in [0.15, 0.2) is 5.82 Å². The molecule has 4 aromatic rings. The highest BCUT2D eigenvalue weighted by atomic mass is 19.3. The predicted octanol–water partition coefficient (Wildman–Crippen LogP) is 7.38. The SMILES string of the molecule is CC1(C(N)=O)OCC(F)(F)CC1[C@H](c1ncc(-c2cnc(-c3ccc(-c4cnc([C@@H](NC(=O)[C@@]5(C)CCC(F)(F)CO5)C(C)(C)C)[nH]4)cc3)nc2)[nH]1)C(C)(C)C. The normalized spacial score (nSPS) is 25.0. The highest BCUT2D eigenvalue weighted by Crippen LogP contribution is 2.51. The molecule has 0 spiro atoms. The fraction of sp³-hybridized carbons (Fsp3) is 0.550. The zero-order valence-electron chi connectivity index (χ0n) is 32.9.